The highest BCUT2D eigenvalue weighted by molar-refractivity contribution is 5.91. The van der Waals surface area contributed by atoms with E-state index in [0.29, 0.717) is 13.0 Å². The van der Waals surface area contributed by atoms with E-state index in [-0.39, 0.29) is 11.9 Å². The summed E-state index contributed by atoms with van der Waals surface area (Å²) in [6, 6.07) is 18.3. The lowest BCUT2D eigenvalue weighted by molar-refractivity contribution is -0.116. The van der Waals surface area contributed by atoms with Gasteiger partial charge in [-0.3, -0.25) is 4.79 Å². The molecular weight excluding hydrogens is 286 g/mol. The van der Waals surface area contributed by atoms with Gasteiger partial charge in [0.25, 0.3) is 0 Å². The molecule has 122 valence electrons. The normalized spacial score (nSPS) is 11.8. The fraction of sp³-hybridized carbons (Fsp3) is 0.316. The summed E-state index contributed by atoms with van der Waals surface area (Å²) in [6.07, 6.45) is 0.451. The minimum atomic E-state index is 0.0235. The SMILES string of the molecule is CC(NCCC(=O)Nc1ccc(N(C)C)cc1)c1ccccc1. The number of anilines is 2. The molecule has 0 saturated carbocycles. The van der Waals surface area contributed by atoms with Crippen LogP contribution < -0.4 is 15.5 Å². The van der Waals surface area contributed by atoms with Crippen LogP contribution in [0.1, 0.15) is 24.9 Å². The van der Waals surface area contributed by atoms with Gasteiger partial charge in [0.1, 0.15) is 0 Å². The van der Waals surface area contributed by atoms with Crippen molar-refractivity contribution in [1.29, 1.82) is 0 Å². The number of carbonyl (C=O) groups excluding carboxylic acids is 1. The summed E-state index contributed by atoms with van der Waals surface area (Å²) < 4.78 is 0. The van der Waals surface area contributed by atoms with Gasteiger partial charge in [0.05, 0.1) is 0 Å². The van der Waals surface area contributed by atoms with Gasteiger partial charge in [-0.25, -0.2) is 0 Å². The van der Waals surface area contributed by atoms with Crippen molar-refractivity contribution in [3.8, 4) is 0 Å². The molecule has 0 aliphatic carbocycles. The number of benzene rings is 2. The van der Waals surface area contributed by atoms with Crippen LogP contribution in [0.15, 0.2) is 54.6 Å². The van der Waals surface area contributed by atoms with Gasteiger partial charge in [-0.15, -0.1) is 0 Å². The highest BCUT2D eigenvalue weighted by Crippen LogP contribution is 2.16. The third-order valence-corrected chi connectivity index (χ3v) is 3.77. The molecule has 0 aromatic heterocycles. The average Bonchev–Trinajstić information content (AvgIpc) is 2.56. The molecule has 0 bridgehead atoms. The van der Waals surface area contributed by atoms with Gasteiger partial charge >= 0.3 is 0 Å². The first-order valence-corrected chi connectivity index (χ1v) is 7.92. The molecule has 0 aliphatic rings. The number of rotatable bonds is 7. The number of carbonyl (C=O) groups is 1. The van der Waals surface area contributed by atoms with Crippen molar-refractivity contribution in [3.05, 3.63) is 60.2 Å². The molecule has 2 N–H and O–H groups in total. The summed E-state index contributed by atoms with van der Waals surface area (Å²) in [5.74, 6) is 0.0235. The van der Waals surface area contributed by atoms with Crippen molar-refractivity contribution in [2.45, 2.75) is 19.4 Å². The molecule has 0 aliphatic heterocycles. The van der Waals surface area contributed by atoms with E-state index in [1.54, 1.807) is 0 Å². The summed E-state index contributed by atoms with van der Waals surface area (Å²) in [4.78, 5) is 14.0. The predicted molar refractivity (Wildman–Crippen MR) is 96.9 cm³/mol. The molecule has 2 aromatic carbocycles. The maximum atomic E-state index is 12.0. The van der Waals surface area contributed by atoms with Crippen LogP contribution in [0.5, 0.6) is 0 Å². The van der Waals surface area contributed by atoms with Gasteiger partial charge in [-0.2, -0.15) is 0 Å². The van der Waals surface area contributed by atoms with E-state index >= 15 is 0 Å². The van der Waals surface area contributed by atoms with Crippen molar-refractivity contribution >= 4 is 17.3 Å². The number of hydrogen-bond acceptors (Lipinski definition) is 3. The summed E-state index contributed by atoms with van der Waals surface area (Å²) in [5, 5.41) is 6.30. The molecule has 1 atom stereocenters. The van der Waals surface area contributed by atoms with Crippen molar-refractivity contribution in [2.24, 2.45) is 0 Å². The van der Waals surface area contributed by atoms with Gasteiger partial charge in [0.15, 0.2) is 0 Å². The zero-order valence-electron chi connectivity index (χ0n) is 14.0. The van der Waals surface area contributed by atoms with E-state index in [1.165, 1.54) is 5.56 Å². The zero-order valence-corrected chi connectivity index (χ0v) is 14.0. The highest BCUT2D eigenvalue weighted by Gasteiger charge is 2.06. The highest BCUT2D eigenvalue weighted by atomic mass is 16.1. The van der Waals surface area contributed by atoms with E-state index in [0.717, 1.165) is 11.4 Å². The summed E-state index contributed by atoms with van der Waals surface area (Å²) in [5.41, 5.74) is 3.17. The van der Waals surface area contributed by atoms with Crippen LogP contribution in [-0.2, 0) is 4.79 Å². The standard InChI is InChI=1S/C19H25N3O/c1-15(16-7-5-4-6-8-16)20-14-13-19(23)21-17-9-11-18(12-10-17)22(2)3/h4-12,15,20H,13-14H2,1-3H3,(H,21,23). The second-order valence-corrected chi connectivity index (χ2v) is 5.83. The average molecular weight is 311 g/mol. The first-order chi connectivity index (χ1) is 11.1. The van der Waals surface area contributed by atoms with Crippen LogP contribution in [0.25, 0.3) is 0 Å². The van der Waals surface area contributed by atoms with Crippen LogP contribution >= 0.6 is 0 Å². The minimum absolute atomic E-state index is 0.0235. The Balaban J connectivity index is 1.75. The fourth-order valence-corrected chi connectivity index (χ4v) is 2.33. The fourth-order valence-electron chi connectivity index (χ4n) is 2.33. The molecule has 23 heavy (non-hydrogen) atoms. The zero-order chi connectivity index (χ0) is 16.7. The minimum Gasteiger partial charge on any atom is -0.378 e. The Bertz CT molecular complexity index is 608. The summed E-state index contributed by atoms with van der Waals surface area (Å²) in [7, 11) is 3.99. The van der Waals surface area contributed by atoms with E-state index in [2.05, 4.69) is 29.7 Å². The molecule has 0 spiro atoms. The van der Waals surface area contributed by atoms with Gasteiger partial charge in [0, 0.05) is 44.5 Å². The third-order valence-electron chi connectivity index (χ3n) is 3.77. The van der Waals surface area contributed by atoms with Crippen LogP contribution in [0.4, 0.5) is 11.4 Å². The second-order valence-electron chi connectivity index (χ2n) is 5.83. The van der Waals surface area contributed by atoms with E-state index < -0.39 is 0 Å². The smallest absolute Gasteiger partial charge is 0.225 e. The van der Waals surface area contributed by atoms with Gasteiger partial charge < -0.3 is 15.5 Å². The molecule has 2 aromatic rings. The Morgan fingerprint density at radius 3 is 2.30 bits per heavy atom. The summed E-state index contributed by atoms with van der Waals surface area (Å²) in [6.45, 7) is 2.75. The monoisotopic (exact) mass is 311 g/mol. The molecule has 1 amide bonds. The number of amides is 1. The van der Waals surface area contributed by atoms with Gasteiger partial charge in [-0.1, -0.05) is 30.3 Å². The summed E-state index contributed by atoms with van der Waals surface area (Å²) >= 11 is 0. The van der Waals surface area contributed by atoms with E-state index in [4.69, 9.17) is 0 Å². The van der Waals surface area contributed by atoms with Crippen molar-refractivity contribution in [2.75, 3.05) is 30.9 Å². The van der Waals surface area contributed by atoms with Crippen LogP contribution in [0, 0.1) is 0 Å². The van der Waals surface area contributed by atoms with Crippen LogP contribution in [0.3, 0.4) is 0 Å². The third kappa shape index (κ3) is 5.42. The Labute approximate surface area is 138 Å². The van der Waals surface area contributed by atoms with Gasteiger partial charge in [0.2, 0.25) is 5.91 Å². The van der Waals surface area contributed by atoms with E-state index in [9.17, 15) is 4.79 Å². The second kappa shape index (κ2) is 8.34. The maximum absolute atomic E-state index is 12.0. The van der Waals surface area contributed by atoms with Crippen molar-refractivity contribution in [1.82, 2.24) is 5.32 Å². The van der Waals surface area contributed by atoms with Crippen LogP contribution in [-0.4, -0.2) is 26.5 Å². The largest absolute Gasteiger partial charge is 0.378 e. The number of nitrogens with one attached hydrogen (secondary N) is 2. The van der Waals surface area contributed by atoms with Gasteiger partial charge in [-0.05, 0) is 36.8 Å². The molecule has 0 saturated heterocycles. The maximum Gasteiger partial charge on any atom is 0.225 e. The number of nitrogens with zero attached hydrogens (tertiary/aromatic N) is 1. The number of hydrogen-bond donors (Lipinski definition) is 2. The quantitative estimate of drug-likeness (QED) is 0.823. The Morgan fingerprint density at radius 1 is 1.04 bits per heavy atom. The van der Waals surface area contributed by atoms with Crippen LogP contribution in [0.2, 0.25) is 0 Å². The Hall–Kier alpha value is -2.33. The molecule has 2 rings (SSSR count). The lowest BCUT2D eigenvalue weighted by Crippen LogP contribution is -2.24. The molecular formula is C19H25N3O. The molecule has 0 heterocycles. The molecule has 1 unspecified atom stereocenters. The molecule has 4 heteroatoms. The molecule has 4 nitrogen and oxygen atoms in total. The predicted octanol–water partition coefficient (Wildman–Crippen LogP) is 3.43. The first kappa shape index (κ1) is 17.0. The van der Waals surface area contributed by atoms with Crippen molar-refractivity contribution < 1.29 is 4.79 Å². The van der Waals surface area contributed by atoms with E-state index in [1.807, 2.05) is 61.5 Å². The molecule has 0 fully saturated rings. The Morgan fingerprint density at radius 2 is 1.70 bits per heavy atom. The molecule has 0 radical (unpaired) electrons. The topological polar surface area (TPSA) is 44.4 Å². The lowest BCUT2D eigenvalue weighted by Gasteiger charge is -2.14. The lowest BCUT2D eigenvalue weighted by atomic mass is 10.1. The van der Waals surface area contributed by atoms with Crippen molar-refractivity contribution in [3.63, 3.8) is 0 Å². The first-order valence-electron chi connectivity index (χ1n) is 7.92. The Kier molecular flexibility index (Phi) is 6.18.